The minimum absolute atomic E-state index is 0.0126. The van der Waals surface area contributed by atoms with Gasteiger partial charge in [-0.2, -0.15) is 0 Å². The predicted molar refractivity (Wildman–Crippen MR) is 114 cm³/mol. The number of nitrogens with one attached hydrogen (secondary N) is 1. The lowest BCUT2D eigenvalue weighted by Gasteiger charge is -2.38. The number of carbonyl (C=O) groups excluding carboxylic acids is 1. The van der Waals surface area contributed by atoms with Gasteiger partial charge in [-0.1, -0.05) is 24.3 Å². The smallest absolute Gasteiger partial charge is 0.318 e. The Bertz CT molecular complexity index is 822. The number of methoxy groups -OCH3 is 1. The van der Waals surface area contributed by atoms with E-state index < -0.39 is 5.54 Å². The number of amides is 2. The number of hydrogen-bond donors (Lipinski definition) is 1. The van der Waals surface area contributed by atoms with E-state index in [-0.39, 0.29) is 6.03 Å². The molecule has 0 atom stereocenters. The van der Waals surface area contributed by atoms with Crippen LogP contribution in [0, 0.1) is 13.8 Å². The van der Waals surface area contributed by atoms with Crippen molar-refractivity contribution in [2.24, 2.45) is 0 Å². The summed E-state index contributed by atoms with van der Waals surface area (Å²) in [5.74, 6) is 0.813. The molecule has 1 fully saturated rings. The van der Waals surface area contributed by atoms with Gasteiger partial charge >= 0.3 is 6.03 Å². The van der Waals surface area contributed by atoms with Gasteiger partial charge in [-0.15, -0.1) is 0 Å². The van der Waals surface area contributed by atoms with E-state index in [1.807, 2.05) is 43.0 Å². The first-order valence-electron chi connectivity index (χ1n) is 9.84. The van der Waals surface area contributed by atoms with Crippen molar-refractivity contribution in [2.75, 3.05) is 38.2 Å². The second-order valence-corrected chi connectivity index (χ2v) is 7.98. The molecule has 2 amide bonds. The van der Waals surface area contributed by atoms with Crippen LogP contribution in [0.2, 0.25) is 0 Å². The molecule has 0 aromatic heterocycles. The van der Waals surface area contributed by atoms with Crippen LogP contribution in [0.3, 0.4) is 0 Å². The Morgan fingerprint density at radius 2 is 1.64 bits per heavy atom. The molecule has 0 spiro atoms. The number of aryl methyl sites for hydroxylation is 1. The number of rotatable bonds is 4. The van der Waals surface area contributed by atoms with E-state index >= 15 is 0 Å². The van der Waals surface area contributed by atoms with Crippen molar-refractivity contribution in [1.29, 1.82) is 0 Å². The zero-order valence-corrected chi connectivity index (χ0v) is 17.6. The van der Waals surface area contributed by atoms with Gasteiger partial charge in [-0.25, -0.2) is 4.79 Å². The van der Waals surface area contributed by atoms with Gasteiger partial charge in [0.15, 0.2) is 0 Å². The van der Waals surface area contributed by atoms with Gasteiger partial charge in [0.25, 0.3) is 0 Å². The Morgan fingerprint density at radius 3 is 2.25 bits per heavy atom. The van der Waals surface area contributed by atoms with Crippen LogP contribution in [0.4, 0.5) is 10.5 Å². The molecule has 5 heteroatoms. The maximum Gasteiger partial charge on any atom is 0.318 e. The molecule has 5 nitrogen and oxygen atoms in total. The summed E-state index contributed by atoms with van der Waals surface area (Å²) in [6, 6.07) is 14.2. The van der Waals surface area contributed by atoms with E-state index in [9.17, 15) is 4.79 Å². The number of benzene rings is 2. The molecular weight excluding hydrogens is 350 g/mol. The lowest BCUT2D eigenvalue weighted by atomic mass is 9.94. The van der Waals surface area contributed by atoms with Gasteiger partial charge in [0.1, 0.15) is 5.75 Å². The van der Waals surface area contributed by atoms with E-state index in [0.29, 0.717) is 0 Å². The molecule has 2 aromatic rings. The molecule has 0 unspecified atom stereocenters. The summed E-state index contributed by atoms with van der Waals surface area (Å²) < 4.78 is 5.22. The molecule has 2 aromatic carbocycles. The normalized spacial score (nSPS) is 14.8. The number of nitrogens with zero attached hydrogens (tertiary/aromatic N) is 2. The SMILES string of the molecule is COc1ccc(C(C)(C)NC(=O)N2CCN(c3cccc(C)c3C)CC2)cc1. The molecule has 0 bridgehead atoms. The van der Waals surface area contributed by atoms with Crippen molar-refractivity contribution in [2.45, 2.75) is 33.2 Å². The van der Waals surface area contributed by atoms with E-state index in [1.54, 1.807) is 7.11 Å². The summed E-state index contributed by atoms with van der Waals surface area (Å²) >= 11 is 0. The topological polar surface area (TPSA) is 44.8 Å². The molecule has 1 N–H and O–H groups in total. The fourth-order valence-corrected chi connectivity index (χ4v) is 3.65. The number of hydrogen-bond acceptors (Lipinski definition) is 3. The fourth-order valence-electron chi connectivity index (χ4n) is 3.65. The van der Waals surface area contributed by atoms with Crippen molar-refractivity contribution in [3.05, 3.63) is 59.2 Å². The van der Waals surface area contributed by atoms with Crippen LogP contribution in [0.5, 0.6) is 5.75 Å². The number of anilines is 1. The lowest BCUT2D eigenvalue weighted by Crippen LogP contribution is -2.55. The molecule has 0 radical (unpaired) electrons. The van der Waals surface area contributed by atoms with Gasteiger partial charge in [-0.3, -0.25) is 0 Å². The lowest BCUT2D eigenvalue weighted by molar-refractivity contribution is 0.183. The van der Waals surface area contributed by atoms with Gasteiger partial charge in [0.2, 0.25) is 0 Å². The standard InChI is InChI=1S/C23H31N3O2/c1-17-7-6-8-21(18(17)2)25-13-15-26(16-14-25)22(27)24-23(3,4)19-9-11-20(28-5)12-10-19/h6-12H,13-16H2,1-5H3,(H,24,27). The van der Waals surface area contributed by atoms with Gasteiger partial charge in [0, 0.05) is 31.9 Å². The third-order valence-corrected chi connectivity index (χ3v) is 5.71. The number of piperazine rings is 1. The first kappa shape index (κ1) is 20.1. The van der Waals surface area contributed by atoms with Crippen molar-refractivity contribution in [1.82, 2.24) is 10.2 Å². The number of urea groups is 1. The maximum atomic E-state index is 12.8. The molecule has 0 saturated carbocycles. The predicted octanol–water partition coefficient (Wildman–Crippen LogP) is 4.08. The van der Waals surface area contributed by atoms with Gasteiger partial charge in [-0.05, 0) is 62.6 Å². The molecule has 1 saturated heterocycles. The van der Waals surface area contributed by atoms with Crippen LogP contribution in [-0.2, 0) is 5.54 Å². The highest BCUT2D eigenvalue weighted by molar-refractivity contribution is 5.75. The van der Waals surface area contributed by atoms with E-state index in [0.717, 1.165) is 37.5 Å². The molecule has 28 heavy (non-hydrogen) atoms. The van der Waals surface area contributed by atoms with Crippen LogP contribution < -0.4 is 15.0 Å². The van der Waals surface area contributed by atoms with Crippen LogP contribution in [-0.4, -0.2) is 44.2 Å². The second kappa shape index (κ2) is 8.13. The van der Waals surface area contributed by atoms with Crippen molar-refractivity contribution >= 4 is 11.7 Å². The summed E-state index contributed by atoms with van der Waals surface area (Å²) in [6.45, 7) is 11.5. The molecule has 150 valence electrons. The van der Waals surface area contributed by atoms with Crippen LogP contribution >= 0.6 is 0 Å². The zero-order valence-electron chi connectivity index (χ0n) is 17.6. The maximum absolute atomic E-state index is 12.8. The Balaban J connectivity index is 1.60. The highest BCUT2D eigenvalue weighted by Crippen LogP contribution is 2.25. The summed E-state index contributed by atoms with van der Waals surface area (Å²) in [4.78, 5) is 17.1. The quantitative estimate of drug-likeness (QED) is 0.868. The van der Waals surface area contributed by atoms with E-state index in [4.69, 9.17) is 4.74 Å². The molecule has 1 heterocycles. The first-order chi connectivity index (χ1) is 13.3. The largest absolute Gasteiger partial charge is 0.497 e. The van der Waals surface area contributed by atoms with Crippen LogP contribution in [0.25, 0.3) is 0 Å². The second-order valence-electron chi connectivity index (χ2n) is 7.98. The average molecular weight is 382 g/mol. The third kappa shape index (κ3) is 4.24. The first-order valence-corrected chi connectivity index (χ1v) is 9.84. The fraction of sp³-hybridized carbons (Fsp3) is 0.435. The monoisotopic (exact) mass is 381 g/mol. The Labute approximate surface area is 168 Å². The van der Waals surface area contributed by atoms with Gasteiger partial charge in [0.05, 0.1) is 12.6 Å². The molecule has 0 aliphatic carbocycles. The third-order valence-electron chi connectivity index (χ3n) is 5.71. The summed E-state index contributed by atoms with van der Waals surface area (Å²) in [7, 11) is 1.65. The minimum Gasteiger partial charge on any atom is -0.497 e. The Morgan fingerprint density at radius 1 is 1.00 bits per heavy atom. The average Bonchev–Trinajstić information content (AvgIpc) is 2.70. The van der Waals surface area contributed by atoms with Gasteiger partial charge < -0.3 is 19.9 Å². The van der Waals surface area contributed by atoms with Crippen molar-refractivity contribution < 1.29 is 9.53 Å². The molecule has 1 aliphatic rings. The summed E-state index contributed by atoms with van der Waals surface area (Å²) in [5, 5.41) is 3.18. The number of carbonyl (C=O) groups is 1. The van der Waals surface area contributed by atoms with E-state index in [2.05, 4.69) is 42.3 Å². The molecule has 3 rings (SSSR count). The molecule has 1 aliphatic heterocycles. The minimum atomic E-state index is -0.451. The zero-order chi connectivity index (χ0) is 20.3. The summed E-state index contributed by atoms with van der Waals surface area (Å²) in [6.07, 6.45) is 0. The highest BCUT2D eigenvalue weighted by Gasteiger charge is 2.28. The van der Waals surface area contributed by atoms with Crippen molar-refractivity contribution in [3.8, 4) is 5.75 Å². The highest BCUT2D eigenvalue weighted by atomic mass is 16.5. The number of ether oxygens (including phenoxy) is 1. The van der Waals surface area contributed by atoms with Crippen LogP contribution in [0.1, 0.15) is 30.5 Å². The summed E-state index contributed by atoms with van der Waals surface area (Å²) in [5.41, 5.74) is 4.50. The molecular formula is C23H31N3O2. The van der Waals surface area contributed by atoms with Crippen LogP contribution in [0.15, 0.2) is 42.5 Å². The Kier molecular flexibility index (Phi) is 5.82. The Hall–Kier alpha value is -2.69. The van der Waals surface area contributed by atoms with E-state index in [1.165, 1.54) is 16.8 Å². The van der Waals surface area contributed by atoms with Crippen molar-refractivity contribution in [3.63, 3.8) is 0 Å².